The van der Waals surface area contributed by atoms with Gasteiger partial charge in [-0.05, 0) is 44.4 Å². The van der Waals surface area contributed by atoms with Gasteiger partial charge in [-0.1, -0.05) is 31.4 Å². The Kier molecular flexibility index (Phi) is 5.56. The van der Waals surface area contributed by atoms with Gasteiger partial charge < -0.3 is 9.47 Å². The van der Waals surface area contributed by atoms with Crippen molar-refractivity contribution in [1.29, 1.82) is 0 Å². The summed E-state index contributed by atoms with van der Waals surface area (Å²) in [6.07, 6.45) is 6.21. The lowest BCUT2D eigenvalue weighted by atomic mass is 9.94. The second kappa shape index (κ2) is 8.49. The molecule has 0 aromatic heterocycles. The van der Waals surface area contributed by atoms with E-state index in [2.05, 4.69) is 4.90 Å². The molecule has 2 atom stereocenters. The Labute approximate surface area is 182 Å². The van der Waals surface area contributed by atoms with Crippen molar-refractivity contribution < 1.29 is 23.9 Å². The van der Waals surface area contributed by atoms with Gasteiger partial charge in [0.2, 0.25) is 0 Å². The second-order valence-corrected chi connectivity index (χ2v) is 8.98. The van der Waals surface area contributed by atoms with Crippen LogP contribution in [0.2, 0.25) is 0 Å². The normalized spacial score (nSPS) is 27.8. The van der Waals surface area contributed by atoms with E-state index in [1.54, 1.807) is 0 Å². The second-order valence-electron chi connectivity index (χ2n) is 8.98. The van der Waals surface area contributed by atoms with Gasteiger partial charge in [-0.25, -0.2) is 4.79 Å². The number of ether oxygens (including phenoxy) is 2. The lowest BCUT2D eigenvalue weighted by Crippen LogP contribution is -2.53. The molecule has 0 radical (unpaired) electrons. The molecule has 31 heavy (non-hydrogen) atoms. The third-order valence-corrected chi connectivity index (χ3v) is 6.85. The van der Waals surface area contributed by atoms with E-state index in [1.165, 1.54) is 9.80 Å². The number of amides is 4. The Morgan fingerprint density at radius 2 is 1.52 bits per heavy atom. The Balaban J connectivity index is 1.23. The highest BCUT2D eigenvalue weighted by atomic mass is 16.6. The number of carbonyl (C=O) groups is 3. The maximum Gasteiger partial charge on any atom is 0.334 e. The molecule has 3 aliphatic heterocycles. The quantitative estimate of drug-likeness (QED) is 0.542. The zero-order valence-electron chi connectivity index (χ0n) is 17.7. The van der Waals surface area contributed by atoms with Crippen molar-refractivity contribution in [3.63, 3.8) is 0 Å². The van der Waals surface area contributed by atoms with Crippen molar-refractivity contribution in [2.24, 2.45) is 0 Å². The third kappa shape index (κ3) is 3.89. The van der Waals surface area contributed by atoms with Crippen molar-refractivity contribution in [3.8, 4) is 11.5 Å². The number of fused-ring (bicyclic) bond motifs is 1. The van der Waals surface area contributed by atoms with Crippen LogP contribution in [0, 0.1) is 0 Å². The first-order chi connectivity index (χ1) is 15.1. The molecule has 1 saturated carbocycles. The van der Waals surface area contributed by atoms with Crippen LogP contribution < -0.4 is 9.47 Å². The summed E-state index contributed by atoms with van der Waals surface area (Å²) in [6.45, 7) is 2.55. The van der Waals surface area contributed by atoms with Crippen molar-refractivity contribution in [3.05, 3.63) is 24.3 Å². The minimum absolute atomic E-state index is 0.112. The van der Waals surface area contributed by atoms with E-state index in [4.69, 9.17) is 9.47 Å². The number of hydrogen-bond acceptors (Lipinski definition) is 6. The number of hydrogen-bond donors (Lipinski definition) is 0. The number of carbonyl (C=O) groups excluding carboxylic acids is 3. The number of rotatable bonds is 4. The first kappa shape index (κ1) is 20.3. The molecule has 3 fully saturated rings. The molecule has 3 heterocycles. The van der Waals surface area contributed by atoms with Crippen LogP contribution in [-0.4, -0.2) is 77.0 Å². The van der Waals surface area contributed by atoms with Crippen LogP contribution in [0.5, 0.6) is 11.5 Å². The molecule has 1 aliphatic carbocycles. The summed E-state index contributed by atoms with van der Waals surface area (Å²) < 4.78 is 11.9. The van der Waals surface area contributed by atoms with E-state index in [0.29, 0.717) is 19.7 Å². The summed E-state index contributed by atoms with van der Waals surface area (Å²) in [4.78, 5) is 43.2. The fraction of sp³-hybridized carbons (Fsp3) is 0.609. The van der Waals surface area contributed by atoms with E-state index in [0.717, 1.165) is 63.0 Å². The van der Waals surface area contributed by atoms with Gasteiger partial charge in [-0.2, -0.15) is 0 Å². The Morgan fingerprint density at radius 3 is 2.29 bits per heavy atom. The van der Waals surface area contributed by atoms with Crippen molar-refractivity contribution in [2.75, 3.05) is 26.2 Å². The van der Waals surface area contributed by atoms with Crippen LogP contribution >= 0.6 is 0 Å². The monoisotopic (exact) mass is 427 g/mol. The average molecular weight is 428 g/mol. The number of piperidine rings is 1. The Morgan fingerprint density at radius 1 is 0.839 bits per heavy atom. The Hall–Kier alpha value is -2.61. The number of imide groups is 2. The largest absolute Gasteiger partial charge is 0.486 e. The topological polar surface area (TPSA) is 79.4 Å². The van der Waals surface area contributed by atoms with Crippen LogP contribution in [0.4, 0.5) is 4.79 Å². The van der Waals surface area contributed by atoms with Crippen LogP contribution in [0.25, 0.3) is 0 Å². The molecule has 2 unspecified atom stereocenters. The van der Waals surface area contributed by atoms with Gasteiger partial charge in [0, 0.05) is 19.1 Å². The van der Waals surface area contributed by atoms with Gasteiger partial charge in [-0.3, -0.25) is 24.3 Å². The molecule has 8 heteroatoms. The van der Waals surface area contributed by atoms with Gasteiger partial charge in [-0.15, -0.1) is 0 Å². The highest BCUT2D eigenvalue weighted by Crippen LogP contribution is 2.32. The molecule has 2 saturated heterocycles. The number of urea groups is 1. The van der Waals surface area contributed by atoms with Crippen molar-refractivity contribution >= 4 is 17.8 Å². The van der Waals surface area contributed by atoms with Crippen molar-refractivity contribution in [1.82, 2.24) is 14.7 Å². The standard InChI is InChI=1S/C23H29N3O5/c27-21-22(28)26(23(29)25(21)16-7-2-1-3-8-16)17-9-6-12-24(13-17)14-18-15-30-19-10-4-5-11-20(19)31-18/h4-5,10-11,16-18H,1-3,6-9,12-15H2. The summed E-state index contributed by atoms with van der Waals surface area (Å²) in [6, 6.07) is 6.80. The molecule has 1 aromatic rings. The highest BCUT2D eigenvalue weighted by molar-refractivity contribution is 6.44. The third-order valence-electron chi connectivity index (χ3n) is 6.85. The molecule has 0 spiro atoms. The molecule has 0 bridgehead atoms. The first-order valence-corrected chi connectivity index (χ1v) is 11.4. The molecule has 166 valence electrons. The molecular weight excluding hydrogens is 398 g/mol. The van der Waals surface area contributed by atoms with Gasteiger partial charge in [0.05, 0.1) is 6.04 Å². The fourth-order valence-electron chi connectivity index (χ4n) is 5.33. The number of likely N-dealkylation sites (tertiary alicyclic amines) is 1. The predicted molar refractivity (Wildman–Crippen MR) is 112 cm³/mol. The smallest absolute Gasteiger partial charge is 0.334 e. The van der Waals surface area contributed by atoms with Crippen LogP contribution in [-0.2, 0) is 9.59 Å². The summed E-state index contributed by atoms with van der Waals surface area (Å²) in [5.74, 6) is 0.194. The molecular formula is C23H29N3O5. The molecule has 5 rings (SSSR count). The minimum Gasteiger partial charge on any atom is -0.486 e. The number of para-hydroxylation sites is 2. The van der Waals surface area contributed by atoms with Crippen LogP contribution in [0.3, 0.4) is 0 Å². The summed E-state index contributed by atoms with van der Waals surface area (Å²) in [5, 5.41) is 0. The molecule has 8 nitrogen and oxygen atoms in total. The lowest BCUT2D eigenvalue weighted by molar-refractivity contribution is -0.145. The van der Waals surface area contributed by atoms with E-state index in [1.807, 2.05) is 24.3 Å². The molecule has 1 aromatic carbocycles. The van der Waals surface area contributed by atoms with Gasteiger partial charge in [0.25, 0.3) is 0 Å². The molecule has 4 amide bonds. The maximum atomic E-state index is 13.1. The molecule has 4 aliphatic rings. The van der Waals surface area contributed by atoms with Crippen LogP contribution in [0.15, 0.2) is 24.3 Å². The van der Waals surface area contributed by atoms with Gasteiger partial charge in [0.1, 0.15) is 12.7 Å². The van der Waals surface area contributed by atoms with E-state index in [-0.39, 0.29) is 18.2 Å². The van der Waals surface area contributed by atoms with E-state index >= 15 is 0 Å². The zero-order valence-corrected chi connectivity index (χ0v) is 17.7. The van der Waals surface area contributed by atoms with Gasteiger partial charge >= 0.3 is 17.8 Å². The summed E-state index contributed by atoms with van der Waals surface area (Å²) >= 11 is 0. The predicted octanol–water partition coefficient (Wildman–Crippen LogP) is 2.41. The maximum absolute atomic E-state index is 13.1. The van der Waals surface area contributed by atoms with E-state index in [9.17, 15) is 14.4 Å². The fourth-order valence-corrected chi connectivity index (χ4v) is 5.33. The van der Waals surface area contributed by atoms with E-state index < -0.39 is 17.8 Å². The Bertz CT molecular complexity index is 869. The van der Waals surface area contributed by atoms with Crippen LogP contribution in [0.1, 0.15) is 44.9 Å². The molecule has 0 N–H and O–H groups in total. The minimum atomic E-state index is -0.659. The van der Waals surface area contributed by atoms with Crippen molar-refractivity contribution in [2.45, 2.75) is 63.1 Å². The first-order valence-electron chi connectivity index (χ1n) is 11.4. The highest BCUT2D eigenvalue weighted by Gasteiger charge is 2.50. The van der Waals surface area contributed by atoms with Gasteiger partial charge in [0.15, 0.2) is 11.5 Å². The number of benzene rings is 1. The summed E-state index contributed by atoms with van der Waals surface area (Å²) in [7, 11) is 0. The number of nitrogens with zero attached hydrogens (tertiary/aromatic N) is 3. The average Bonchev–Trinajstić information content (AvgIpc) is 3.02. The zero-order chi connectivity index (χ0) is 21.4. The SMILES string of the molecule is O=C1C(=O)N(C2CCCN(CC3COc4ccccc4O3)C2)C(=O)N1C1CCCCC1. The lowest BCUT2D eigenvalue weighted by Gasteiger charge is -2.38. The summed E-state index contributed by atoms with van der Waals surface area (Å²) in [5.41, 5.74) is 0.